The molecule has 0 aromatic rings. The van der Waals surface area contributed by atoms with Gasteiger partial charge in [-0.1, -0.05) is 221 Å². The van der Waals surface area contributed by atoms with Crippen LogP contribution in [0.5, 0.6) is 0 Å². The summed E-state index contributed by atoms with van der Waals surface area (Å²) in [6.07, 6.45) is 58.4. The Morgan fingerprint density at radius 1 is 0.430 bits per heavy atom. The summed E-state index contributed by atoms with van der Waals surface area (Å²) >= 11 is 0. The van der Waals surface area contributed by atoms with Crippen molar-refractivity contribution in [1.82, 2.24) is 0 Å². The second-order valence-electron chi connectivity index (χ2n) is 21.3. The fraction of sp³-hybridized carbons (Fsp3) is 0.731. The van der Waals surface area contributed by atoms with Gasteiger partial charge in [0.1, 0.15) is 18.8 Å². The zero-order chi connectivity index (χ0) is 57.5. The van der Waals surface area contributed by atoms with E-state index in [2.05, 4.69) is 106 Å². The van der Waals surface area contributed by atoms with E-state index >= 15 is 0 Å². The number of hydrogen-bond acceptors (Lipinski definition) is 11. The molecule has 12 nitrogen and oxygen atoms in total. The Morgan fingerprint density at radius 3 is 1.28 bits per heavy atom. The van der Waals surface area contributed by atoms with Crippen molar-refractivity contribution >= 4 is 23.9 Å². The highest BCUT2D eigenvalue weighted by molar-refractivity contribution is 5.74. The number of aliphatic hydroxyl groups is 2. The van der Waals surface area contributed by atoms with Crippen molar-refractivity contribution in [2.75, 3.05) is 13.2 Å². The Morgan fingerprint density at radius 2 is 0.810 bits per heavy atom. The maximum absolute atomic E-state index is 13.2. The summed E-state index contributed by atoms with van der Waals surface area (Å²) in [6, 6.07) is 0. The molecule has 0 radical (unpaired) electrons. The van der Waals surface area contributed by atoms with Gasteiger partial charge in [0.25, 0.3) is 0 Å². The second-order valence-corrected chi connectivity index (χ2v) is 21.3. The third-order valence-corrected chi connectivity index (χ3v) is 13.9. The van der Waals surface area contributed by atoms with E-state index in [1.165, 1.54) is 89.9 Å². The van der Waals surface area contributed by atoms with Gasteiger partial charge in [0.05, 0.1) is 6.61 Å². The predicted octanol–water partition coefficient (Wildman–Crippen LogP) is 16.7. The minimum atomic E-state index is -1.91. The van der Waals surface area contributed by atoms with E-state index in [1.54, 1.807) is 0 Å². The molecule has 3 N–H and O–H groups in total. The highest BCUT2D eigenvalue weighted by Crippen LogP contribution is 2.26. The van der Waals surface area contributed by atoms with Crippen LogP contribution >= 0.6 is 0 Å². The summed E-state index contributed by atoms with van der Waals surface area (Å²) in [7, 11) is 0. The molecule has 1 fully saturated rings. The lowest BCUT2D eigenvalue weighted by molar-refractivity contribution is -0.301. The predicted molar refractivity (Wildman–Crippen MR) is 321 cm³/mol. The van der Waals surface area contributed by atoms with Crippen molar-refractivity contribution in [2.45, 2.75) is 302 Å². The Hall–Kier alpha value is -4.10. The van der Waals surface area contributed by atoms with Crippen LogP contribution in [0.2, 0.25) is 0 Å². The highest BCUT2D eigenvalue weighted by Gasteiger charge is 2.50. The standard InChI is InChI=1S/C67H112O12/c1-4-7-10-13-16-19-22-24-26-28-30-32-34-36-39-41-44-47-50-53-59(68)75-56-58(77-60(69)54-51-48-45-43-40-37-35-33-31-29-27-25-23-20-17-14-11-8-5-2)57-76-67-65(63(72)62(71)64(79-67)66(73)74)78-61(70)55-52-49-46-42-38-21-18-15-12-9-6-3/h7,10,15-16,18-19,24-27,30,32,36,39,58,62-65,67,71-72H,4-6,8-9,11-14,17,20-23,28-29,31,33-35,37-38,40-57H2,1-3H3,(H,73,74)/b10-7-,18-15-,19-16-,26-24-,27-25-,32-30-,39-36-. The number of carboxylic acids is 1. The summed E-state index contributed by atoms with van der Waals surface area (Å²) in [6.45, 7) is 5.81. The van der Waals surface area contributed by atoms with Gasteiger partial charge >= 0.3 is 23.9 Å². The molecule has 0 amide bonds. The second kappa shape index (κ2) is 54.5. The monoisotopic (exact) mass is 1110 g/mol. The largest absolute Gasteiger partial charge is 0.479 e. The molecule has 0 saturated carbocycles. The molecule has 79 heavy (non-hydrogen) atoms. The summed E-state index contributed by atoms with van der Waals surface area (Å²) in [5.41, 5.74) is 0. The molecule has 12 heteroatoms. The number of ether oxygens (including phenoxy) is 5. The number of rotatable bonds is 53. The van der Waals surface area contributed by atoms with Gasteiger partial charge < -0.3 is 39.0 Å². The average Bonchev–Trinajstić information content (AvgIpc) is 3.47. The highest BCUT2D eigenvalue weighted by atomic mass is 16.7. The molecule has 0 aromatic carbocycles. The molecule has 6 unspecified atom stereocenters. The first-order valence-electron chi connectivity index (χ1n) is 31.6. The lowest BCUT2D eigenvalue weighted by Gasteiger charge is -2.40. The molecular formula is C67H112O12. The van der Waals surface area contributed by atoms with Crippen molar-refractivity contribution in [3.8, 4) is 0 Å². The van der Waals surface area contributed by atoms with Gasteiger partial charge in [-0.15, -0.1) is 0 Å². The van der Waals surface area contributed by atoms with E-state index in [-0.39, 0.29) is 25.9 Å². The fourth-order valence-electron chi connectivity index (χ4n) is 9.08. The van der Waals surface area contributed by atoms with Crippen molar-refractivity contribution in [3.63, 3.8) is 0 Å². The number of carboxylic acid groups (broad SMARTS) is 1. The van der Waals surface area contributed by atoms with Crippen LogP contribution in [0, 0.1) is 0 Å². The van der Waals surface area contributed by atoms with Crippen LogP contribution in [-0.4, -0.2) is 89.2 Å². The molecule has 1 rings (SSSR count). The Balaban J connectivity index is 2.68. The van der Waals surface area contributed by atoms with Crippen LogP contribution in [0.25, 0.3) is 0 Å². The van der Waals surface area contributed by atoms with Crippen molar-refractivity contribution < 1.29 is 58.2 Å². The number of hydrogen-bond donors (Lipinski definition) is 3. The normalized spacial score (nSPS) is 18.4. The van der Waals surface area contributed by atoms with E-state index in [1.807, 2.05) is 0 Å². The number of carbonyl (C=O) groups is 4. The van der Waals surface area contributed by atoms with Crippen LogP contribution in [0.4, 0.5) is 0 Å². The molecule has 0 spiro atoms. The van der Waals surface area contributed by atoms with Crippen LogP contribution in [0.1, 0.15) is 265 Å². The smallest absolute Gasteiger partial charge is 0.335 e. The third-order valence-electron chi connectivity index (χ3n) is 13.9. The van der Waals surface area contributed by atoms with E-state index < -0.39 is 67.3 Å². The number of carbonyl (C=O) groups excluding carboxylic acids is 3. The van der Waals surface area contributed by atoms with E-state index in [0.29, 0.717) is 19.3 Å². The number of aliphatic hydroxyl groups excluding tert-OH is 2. The van der Waals surface area contributed by atoms with Crippen molar-refractivity contribution in [1.29, 1.82) is 0 Å². The molecular weight excluding hydrogens is 997 g/mol. The summed E-state index contributed by atoms with van der Waals surface area (Å²) < 4.78 is 28.4. The average molecular weight is 1110 g/mol. The first kappa shape index (κ1) is 72.9. The third kappa shape index (κ3) is 44.3. The van der Waals surface area contributed by atoms with Crippen molar-refractivity contribution in [2.24, 2.45) is 0 Å². The number of unbranched alkanes of at least 4 members (excludes halogenated alkanes) is 25. The molecule has 1 aliphatic heterocycles. The summed E-state index contributed by atoms with van der Waals surface area (Å²) in [5, 5.41) is 31.5. The number of aliphatic carboxylic acids is 1. The molecule has 1 saturated heterocycles. The molecule has 1 aliphatic rings. The van der Waals surface area contributed by atoms with Gasteiger partial charge in [0, 0.05) is 19.3 Å². The van der Waals surface area contributed by atoms with E-state index in [4.69, 9.17) is 23.7 Å². The first-order chi connectivity index (χ1) is 38.6. The van der Waals surface area contributed by atoms with Gasteiger partial charge in [-0.2, -0.15) is 0 Å². The minimum Gasteiger partial charge on any atom is -0.479 e. The van der Waals surface area contributed by atoms with Crippen LogP contribution in [0.3, 0.4) is 0 Å². The zero-order valence-electron chi connectivity index (χ0n) is 49.8. The van der Waals surface area contributed by atoms with Gasteiger partial charge in [-0.25, -0.2) is 4.79 Å². The topological polar surface area (TPSA) is 175 Å². The number of esters is 3. The van der Waals surface area contributed by atoms with E-state index in [0.717, 1.165) is 116 Å². The maximum atomic E-state index is 13.2. The first-order valence-corrected chi connectivity index (χ1v) is 31.6. The SMILES string of the molecule is CC/C=C\C/C=C\C/C=C\C/C=C\C/C=C\CCCCCC(=O)OCC(COC1OC(C(=O)O)C(O)C(O)C1OC(=O)CCCCCCC/C=C\CCCC)OC(=O)CCCCCCCCCCC/C=C\CCCCCCCC. The Labute approximate surface area is 480 Å². The molecule has 0 bridgehead atoms. The minimum absolute atomic E-state index is 0.0440. The van der Waals surface area contributed by atoms with Gasteiger partial charge in [0.15, 0.2) is 24.6 Å². The zero-order valence-corrected chi connectivity index (χ0v) is 49.8. The Kier molecular flexibility index (Phi) is 50.3. The van der Waals surface area contributed by atoms with Crippen LogP contribution < -0.4 is 0 Å². The van der Waals surface area contributed by atoms with Gasteiger partial charge in [0.2, 0.25) is 0 Å². The fourth-order valence-corrected chi connectivity index (χ4v) is 9.08. The number of allylic oxidation sites excluding steroid dienone is 14. The Bertz CT molecular complexity index is 1700. The van der Waals surface area contributed by atoms with Crippen molar-refractivity contribution in [3.05, 3.63) is 85.1 Å². The molecule has 6 atom stereocenters. The molecule has 0 aliphatic carbocycles. The van der Waals surface area contributed by atoms with Gasteiger partial charge in [-0.05, 0) is 109 Å². The van der Waals surface area contributed by atoms with Crippen LogP contribution in [-0.2, 0) is 42.9 Å². The quantitative estimate of drug-likeness (QED) is 0.0228. The van der Waals surface area contributed by atoms with Gasteiger partial charge in [-0.3, -0.25) is 14.4 Å². The molecule has 1 heterocycles. The maximum Gasteiger partial charge on any atom is 0.335 e. The lowest BCUT2D eigenvalue weighted by atomic mass is 9.98. The molecule has 452 valence electrons. The summed E-state index contributed by atoms with van der Waals surface area (Å²) in [4.78, 5) is 51.2. The lowest BCUT2D eigenvalue weighted by Crippen LogP contribution is -2.61. The van der Waals surface area contributed by atoms with Crippen LogP contribution in [0.15, 0.2) is 85.1 Å². The summed E-state index contributed by atoms with van der Waals surface area (Å²) in [5.74, 6) is -3.17. The van der Waals surface area contributed by atoms with E-state index in [9.17, 15) is 34.5 Å². The molecule has 0 aromatic heterocycles.